The van der Waals surface area contributed by atoms with Crippen molar-refractivity contribution in [2.24, 2.45) is 0 Å². The van der Waals surface area contributed by atoms with Crippen molar-refractivity contribution in [3.63, 3.8) is 0 Å². The Morgan fingerprint density at radius 1 is 1.29 bits per heavy atom. The van der Waals surface area contributed by atoms with Gasteiger partial charge in [-0.25, -0.2) is 9.59 Å². The second kappa shape index (κ2) is 10.4. The molecule has 1 heterocycles. The molecule has 0 aromatic carbocycles. The average Bonchev–Trinajstić information content (AvgIpc) is 2.64. The van der Waals surface area contributed by atoms with E-state index in [1.165, 1.54) is 11.8 Å². The highest BCUT2D eigenvalue weighted by Gasteiger charge is 2.34. The SMILES string of the molecule is CC(=O)N[C@@H]1CCC(C(=O)O)=C[C@H]1N1CCC[C@H](OCCOC(=O)N(C)C)C1. The minimum atomic E-state index is -0.904. The molecule has 1 saturated heterocycles. The lowest BCUT2D eigenvalue weighted by atomic mass is 9.88. The van der Waals surface area contributed by atoms with E-state index in [4.69, 9.17) is 9.47 Å². The number of nitrogens with zero attached hydrogens (tertiary/aromatic N) is 2. The third-order valence-corrected chi connectivity index (χ3v) is 5.03. The van der Waals surface area contributed by atoms with Crippen molar-refractivity contribution in [1.82, 2.24) is 15.1 Å². The molecule has 0 bridgehead atoms. The van der Waals surface area contributed by atoms with Gasteiger partial charge >= 0.3 is 12.1 Å². The second-order valence-electron chi connectivity index (χ2n) is 7.47. The molecule has 2 aliphatic rings. The number of ether oxygens (including phenoxy) is 2. The minimum absolute atomic E-state index is 0.0200. The number of piperidine rings is 1. The van der Waals surface area contributed by atoms with Gasteiger partial charge in [0.05, 0.1) is 12.7 Å². The Morgan fingerprint density at radius 2 is 2.04 bits per heavy atom. The van der Waals surface area contributed by atoms with Crippen LogP contribution >= 0.6 is 0 Å². The molecular weight excluding hydrogens is 366 g/mol. The number of aliphatic carboxylic acids is 1. The molecule has 158 valence electrons. The van der Waals surface area contributed by atoms with Gasteiger partial charge in [0, 0.05) is 45.2 Å². The van der Waals surface area contributed by atoms with Crippen molar-refractivity contribution in [1.29, 1.82) is 0 Å². The molecule has 0 spiro atoms. The first kappa shape index (κ1) is 22.2. The Balaban J connectivity index is 1.93. The van der Waals surface area contributed by atoms with Crippen molar-refractivity contribution < 1.29 is 29.0 Å². The molecule has 0 aromatic heterocycles. The van der Waals surface area contributed by atoms with Crippen LogP contribution < -0.4 is 5.32 Å². The summed E-state index contributed by atoms with van der Waals surface area (Å²) in [4.78, 5) is 37.9. The van der Waals surface area contributed by atoms with Gasteiger partial charge in [0.1, 0.15) is 6.61 Å². The molecule has 0 radical (unpaired) electrons. The maximum absolute atomic E-state index is 11.6. The molecule has 0 saturated carbocycles. The van der Waals surface area contributed by atoms with E-state index in [0.717, 1.165) is 19.4 Å². The smallest absolute Gasteiger partial charge is 0.409 e. The zero-order valence-electron chi connectivity index (χ0n) is 16.8. The van der Waals surface area contributed by atoms with Gasteiger partial charge in [0.15, 0.2) is 0 Å². The predicted octanol–water partition coefficient (Wildman–Crippen LogP) is 0.844. The van der Waals surface area contributed by atoms with Crippen LogP contribution in [0.15, 0.2) is 11.6 Å². The summed E-state index contributed by atoms with van der Waals surface area (Å²) in [5.41, 5.74) is 0.394. The molecule has 2 rings (SSSR count). The van der Waals surface area contributed by atoms with Crippen LogP contribution in [-0.2, 0) is 19.1 Å². The van der Waals surface area contributed by atoms with Crippen LogP contribution in [0.3, 0.4) is 0 Å². The lowest BCUT2D eigenvalue weighted by Gasteiger charge is -2.42. The highest BCUT2D eigenvalue weighted by molar-refractivity contribution is 5.87. The van der Waals surface area contributed by atoms with E-state index in [1.807, 2.05) is 0 Å². The van der Waals surface area contributed by atoms with E-state index in [1.54, 1.807) is 20.2 Å². The summed E-state index contributed by atoms with van der Waals surface area (Å²) in [7, 11) is 3.24. The first-order valence-electron chi connectivity index (χ1n) is 9.68. The number of amides is 2. The van der Waals surface area contributed by atoms with Gasteiger partial charge in [-0.15, -0.1) is 0 Å². The van der Waals surface area contributed by atoms with E-state index in [9.17, 15) is 19.5 Å². The third kappa shape index (κ3) is 6.49. The fraction of sp³-hybridized carbons (Fsp3) is 0.737. The third-order valence-electron chi connectivity index (χ3n) is 5.03. The number of carbonyl (C=O) groups excluding carboxylic acids is 2. The van der Waals surface area contributed by atoms with Gasteiger partial charge in [0.2, 0.25) is 5.91 Å². The number of carboxylic acids is 1. The summed E-state index contributed by atoms with van der Waals surface area (Å²) in [5.74, 6) is -1.02. The molecule has 1 aliphatic carbocycles. The summed E-state index contributed by atoms with van der Waals surface area (Å²) < 4.78 is 10.9. The Morgan fingerprint density at radius 3 is 2.68 bits per heavy atom. The van der Waals surface area contributed by atoms with E-state index in [2.05, 4.69) is 10.2 Å². The molecule has 9 heteroatoms. The molecule has 2 N–H and O–H groups in total. The molecule has 9 nitrogen and oxygen atoms in total. The maximum atomic E-state index is 11.6. The van der Waals surface area contributed by atoms with Crippen LogP contribution in [0.5, 0.6) is 0 Å². The molecule has 1 aliphatic heterocycles. The van der Waals surface area contributed by atoms with Gasteiger partial charge in [-0.3, -0.25) is 9.69 Å². The van der Waals surface area contributed by atoms with Crippen LogP contribution in [-0.4, -0.2) is 91.5 Å². The molecule has 0 unspecified atom stereocenters. The van der Waals surface area contributed by atoms with Crippen LogP contribution in [0.2, 0.25) is 0 Å². The van der Waals surface area contributed by atoms with E-state index < -0.39 is 12.1 Å². The lowest BCUT2D eigenvalue weighted by molar-refractivity contribution is -0.133. The fourth-order valence-corrected chi connectivity index (χ4v) is 3.69. The normalized spacial score (nSPS) is 25.5. The summed E-state index contributed by atoms with van der Waals surface area (Å²) in [6.07, 6.45) is 4.21. The number of likely N-dealkylation sites (tertiary alicyclic amines) is 1. The molecule has 28 heavy (non-hydrogen) atoms. The summed E-state index contributed by atoms with van der Waals surface area (Å²) in [6, 6.07) is -0.276. The largest absolute Gasteiger partial charge is 0.478 e. The zero-order valence-corrected chi connectivity index (χ0v) is 16.8. The van der Waals surface area contributed by atoms with E-state index in [-0.39, 0.29) is 30.7 Å². The number of carboxylic acid groups (broad SMARTS) is 1. The highest BCUT2D eigenvalue weighted by Crippen LogP contribution is 2.26. The monoisotopic (exact) mass is 397 g/mol. The maximum Gasteiger partial charge on any atom is 0.409 e. The van der Waals surface area contributed by atoms with E-state index in [0.29, 0.717) is 31.6 Å². The van der Waals surface area contributed by atoms with Crippen molar-refractivity contribution in [3.8, 4) is 0 Å². The number of hydrogen-bond acceptors (Lipinski definition) is 6. The molecule has 3 atom stereocenters. The lowest BCUT2D eigenvalue weighted by Crippen LogP contribution is -2.55. The Kier molecular flexibility index (Phi) is 8.25. The predicted molar refractivity (Wildman–Crippen MR) is 102 cm³/mol. The van der Waals surface area contributed by atoms with Crippen LogP contribution in [0, 0.1) is 0 Å². The quantitative estimate of drug-likeness (QED) is 0.613. The van der Waals surface area contributed by atoms with Gasteiger partial charge in [0.25, 0.3) is 0 Å². The summed E-state index contributed by atoms with van der Waals surface area (Å²) in [6.45, 7) is 3.44. The Bertz CT molecular complexity index is 606. The van der Waals surface area contributed by atoms with Crippen LogP contribution in [0.4, 0.5) is 4.79 Å². The van der Waals surface area contributed by atoms with Crippen molar-refractivity contribution in [3.05, 3.63) is 11.6 Å². The molecular formula is C19H31N3O6. The summed E-state index contributed by atoms with van der Waals surface area (Å²) in [5, 5.41) is 12.3. The van der Waals surface area contributed by atoms with Crippen molar-refractivity contribution in [2.45, 2.75) is 50.8 Å². The second-order valence-corrected chi connectivity index (χ2v) is 7.47. The number of hydrogen-bond donors (Lipinski definition) is 2. The first-order chi connectivity index (χ1) is 13.3. The van der Waals surface area contributed by atoms with E-state index >= 15 is 0 Å². The Hall–Kier alpha value is -2.13. The standard InChI is InChI=1S/C19H31N3O6/c1-13(23)20-16-7-6-14(18(24)25)11-17(16)22-8-4-5-15(12-22)27-9-10-28-19(26)21(2)3/h11,15-17H,4-10,12H2,1-3H3,(H,20,23)(H,24,25)/t15-,16+,17+/m0/s1. The molecule has 1 fully saturated rings. The summed E-state index contributed by atoms with van der Waals surface area (Å²) >= 11 is 0. The topological polar surface area (TPSA) is 108 Å². The van der Waals surface area contributed by atoms with Crippen molar-refractivity contribution in [2.75, 3.05) is 40.4 Å². The minimum Gasteiger partial charge on any atom is -0.478 e. The molecule has 0 aromatic rings. The number of rotatable bonds is 7. The molecule has 2 amide bonds. The van der Waals surface area contributed by atoms with Gasteiger partial charge < -0.3 is 24.8 Å². The number of nitrogens with one attached hydrogen (secondary N) is 1. The number of carbonyl (C=O) groups is 3. The Labute approximate surface area is 165 Å². The van der Waals surface area contributed by atoms with Gasteiger partial charge in [-0.2, -0.15) is 0 Å². The van der Waals surface area contributed by atoms with Gasteiger partial charge in [-0.05, 0) is 32.2 Å². The van der Waals surface area contributed by atoms with Crippen LogP contribution in [0.1, 0.15) is 32.6 Å². The highest BCUT2D eigenvalue weighted by atomic mass is 16.6. The first-order valence-corrected chi connectivity index (χ1v) is 9.68. The van der Waals surface area contributed by atoms with Crippen LogP contribution in [0.25, 0.3) is 0 Å². The van der Waals surface area contributed by atoms with Crippen molar-refractivity contribution >= 4 is 18.0 Å². The zero-order chi connectivity index (χ0) is 20.7. The fourth-order valence-electron chi connectivity index (χ4n) is 3.69. The van der Waals surface area contributed by atoms with Gasteiger partial charge in [-0.1, -0.05) is 6.08 Å². The average molecular weight is 397 g/mol.